The van der Waals surface area contributed by atoms with Crippen LogP contribution in [0.25, 0.3) is 5.69 Å². The van der Waals surface area contributed by atoms with Crippen molar-refractivity contribution in [3.05, 3.63) is 44.1 Å². The van der Waals surface area contributed by atoms with Gasteiger partial charge < -0.3 is 14.4 Å². The maximum Gasteiger partial charge on any atom is 0.337 e. The number of nitrogens with zero attached hydrogens (tertiary/aromatic N) is 1. The molecule has 106 valence electrons. The van der Waals surface area contributed by atoms with Gasteiger partial charge >= 0.3 is 5.97 Å². The average Bonchev–Trinajstić information content (AvgIpc) is 2.66. The fourth-order valence-electron chi connectivity index (χ4n) is 2.20. The van der Waals surface area contributed by atoms with Gasteiger partial charge in [-0.15, -0.1) is 0 Å². The van der Waals surface area contributed by atoms with Crippen molar-refractivity contribution in [1.82, 2.24) is 4.57 Å². The number of methoxy groups -OCH3 is 1. The number of rotatable bonds is 3. The molecule has 0 amide bonds. The smallest absolute Gasteiger partial charge is 0.337 e. The summed E-state index contributed by atoms with van der Waals surface area (Å²) >= 11 is 6.93. The van der Waals surface area contributed by atoms with E-state index in [-0.39, 0.29) is 0 Å². The number of carboxylic acid groups (broad SMARTS) is 1. The highest BCUT2D eigenvalue weighted by Crippen LogP contribution is 2.35. The van der Waals surface area contributed by atoms with Crippen LogP contribution in [0.2, 0.25) is 0 Å². The van der Waals surface area contributed by atoms with Crippen molar-refractivity contribution < 1.29 is 14.6 Å². The summed E-state index contributed by atoms with van der Waals surface area (Å²) in [7, 11) is 1.59. The highest BCUT2D eigenvalue weighted by atomic mass is 79.9. The van der Waals surface area contributed by atoms with E-state index in [1.807, 2.05) is 23.6 Å². The van der Waals surface area contributed by atoms with Crippen molar-refractivity contribution in [3.8, 4) is 11.4 Å². The molecular formula is C14H13Br2NO3. The second-order valence-electron chi connectivity index (χ2n) is 4.36. The highest BCUT2D eigenvalue weighted by molar-refractivity contribution is 9.11. The maximum atomic E-state index is 11.2. The number of aryl methyl sites for hydroxylation is 1. The van der Waals surface area contributed by atoms with Crippen LogP contribution in [0, 0.1) is 13.8 Å². The van der Waals surface area contributed by atoms with Crippen LogP contribution >= 0.6 is 31.9 Å². The molecule has 1 N–H and O–H groups in total. The summed E-state index contributed by atoms with van der Waals surface area (Å²) in [5, 5.41) is 9.21. The van der Waals surface area contributed by atoms with Gasteiger partial charge in [-0.1, -0.05) is 0 Å². The second-order valence-corrected chi connectivity index (χ2v) is 6.07. The van der Waals surface area contributed by atoms with Crippen molar-refractivity contribution in [2.24, 2.45) is 0 Å². The molecule has 20 heavy (non-hydrogen) atoms. The minimum atomic E-state index is -0.926. The number of carbonyl (C=O) groups is 1. The number of carboxylic acids is 1. The molecule has 1 aromatic heterocycles. The summed E-state index contributed by atoms with van der Waals surface area (Å²) in [5.41, 5.74) is 2.67. The van der Waals surface area contributed by atoms with Crippen molar-refractivity contribution in [1.29, 1.82) is 0 Å². The van der Waals surface area contributed by atoms with E-state index >= 15 is 0 Å². The molecule has 1 aromatic carbocycles. The van der Waals surface area contributed by atoms with Crippen LogP contribution in [0.1, 0.15) is 21.7 Å². The minimum Gasteiger partial charge on any atom is -0.495 e. The number of hydrogen-bond donors (Lipinski definition) is 1. The third-order valence-corrected chi connectivity index (χ3v) is 4.38. The lowest BCUT2D eigenvalue weighted by Crippen LogP contribution is -2.03. The minimum absolute atomic E-state index is 0.302. The van der Waals surface area contributed by atoms with Crippen molar-refractivity contribution in [3.63, 3.8) is 0 Å². The Kier molecular flexibility index (Phi) is 4.25. The summed E-state index contributed by atoms with van der Waals surface area (Å²) < 4.78 is 8.87. The molecule has 0 radical (unpaired) electrons. The van der Waals surface area contributed by atoms with Gasteiger partial charge in [0, 0.05) is 21.9 Å². The van der Waals surface area contributed by atoms with Gasteiger partial charge in [0.05, 0.1) is 22.8 Å². The van der Waals surface area contributed by atoms with Gasteiger partial charge in [-0.3, -0.25) is 0 Å². The van der Waals surface area contributed by atoms with Gasteiger partial charge in [-0.05, 0) is 57.8 Å². The lowest BCUT2D eigenvalue weighted by molar-refractivity contribution is 0.0696. The van der Waals surface area contributed by atoms with Crippen LogP contribution in [-0.4, -0.2) is 22.8 Å². The summed E-state index contributed by atoms with van der Waals surface area (Å²) in [6.45, 7) is 3.66. The van der Waals surface area contributed by atoms with Gasteiger partial charge in [0.2, 0.25) is 0 Å². The molecule has 0 aliphatic heterocycles. The standard InChI is InChI=1S/C14H13Br2NO3/c1-7-4-9(14(18)19)8(2)17(7)12-6-13(20-3)11(16)5-10(12)15/h4-6H,1-3H3,(H,18,19). The molecule has 2 rings (SSSR count). The largest absolute Gasteiger partial charge is 0.495 e. The van der Waals surface area contributed by atoms with Crippen LogP contribution in [0.3, 0.4) is 0 Å². The van der Waals surface area contributed by atoms with E-state index in [2.05, 4.69) is 31.9 Å². The van der Waals surface area contributed by atoms with Crippen molar-refractivity contribution in [2.75, 3.05) is 7.11 Å². The fourth-order valence-corrected chi connectivity index (χ4v) is 3.53. The van der Waals surface area contributed by atoms with Crippen LogP contribution < -0.4 is 4.74 Å². The summed E-state index contributed by atoms with van der Waals surface area (Å²) in [5.74, 6) is -0.239. The monoisotopic (exact) mass is 401 g/mol. The zero-order valence-electron chi connectivity index (χ0n) is 11.2. The number of halogens is 2. The SMILES string of the molecule is COc1cc(-n2c(C)cc(C(=O)O)c2C)c(Br)cc1Br. The Hall–Kier alpha value is -1.27. The van der Waals surface area contributed by atoms with E-state index < -0.39 is 5.97 Å². The Balaban J connectivity index is 2.72. The van der Waals surface area contributed by atoms with Gasteiger partial charge in [-0.25, -0.2) is 4.79 Å². The molecule has 0 fully saturated rings. The Morgan fingerprint density at radius 3 is 2.35 bits per heavy atom. The molecule has 0 aliphatic carbocycles. The fraction of sp³-hybridized carbons (Fsp3) is 0.214. The summed E-state index contributed by atoms with van der Waals surface area (Å²) in [4.78, 5) is 11.2. The molecular weight excluding hydrogens is 390 g/mol. The second kappa shape index (κ2) is 5.61. The van der Waals surface area contributed by atoms with Crippen LogP contribution in [0.15, 0.2) is 27.1 Å². The molecule has 0 unspecified atom stereocenters. The zero-order chi connectivity index (χ0) is 15.0. The van der Waals surface area contributed by atoms with E-state index in [0.717, 1.165) is 20.3 Å². The molecule has 4 nitrogen and oxygen atoms in total. The van der Waals surface area contributed by atoms with Gasteiger partial charge in [-0.2, -0.15) is 0 Å². The van der Waals surface area contributed by atoms with Crippen LogP contribution in [0.4, 0.5) is 0 Å². The normalized spacial score (nSPS) is 10.7. The number of benzene rings is 1. The molecule has 0 spiro atoms. The Bertz CT molecular complexity index is 692. The molecule has 0 saturated heterocycles. The lowest BCUT2D eigenvalue weighted by atomic mass is 10.2. The molecule has 6 heteroatoms. The van der Waals surface area contributed by atoms with E-state index in [1.54, 1.807) is 20.1 Å². The van der Waals surface area contributed by atoms with E-state index in [0.29, 0.717) is 17.0 Å². The quantitative estimate of drug-likeness (QED) is 0.831. The first-order valence-electron chi connectivity index (χ1n) is 5.82. The Morgan fingerprint density at radius 2 is 1.85 bits per heavy atom. The number of aromatic carboxylic acids is 1. The lowest BCUT2D eigenvalue weighted by Gasteiger charge is -2.14. The first-order valence-corrected chi connectivity index (χ1v) is 7.41. The van der Waals surface area contributed by atoms with Crippen molar-refractivity contribution in [2.45, 2.75) is 13.8 Å². The first-order chi connectivity index (χ1) is 9.36. The maximum absolute atomic E-state index is 11.2. The molecule has 0 saturated carbocycles. The highest BCUT2D eigenvalue weighted by Gasteiger charge is 2.18. The van der Waals surface area contributed by atoms with Crippen LogP contribution in [-0.2, 0) is 0 Å². The zero-order valence-corrected chi connectivity index (χ0v) is 14.4. The van der Waals surface area contributed by atoms with Gasteiger partial charge in [0.25, 0.3) is 0 Å². The molecule has 0 atom stereocenters. The average molecular weight is 403 g/mol. The molecule has 2 aromatic rings. The molecule has 0 bridgehead atoms. The third-order valence-electron chi connectivity index (χ3n) is 3.12. The van der Waals surface area contributed by atoms with E-state index in [4.69, 9.17) is 4.74 Å². The Labute approximate surface area is 133 Å². The summed E-state index contributed by atoms with van der Waals surface area (Å²) in [6, 6.07) is 5.41. The molecule has 0 aliphatic rings. The number of aromatic nitrogens is 1. The van der Waals surface area contributed by atoms with Crippen LogP contribution in [0.5, 0.6) is 5.75 Å². The summed E-state index contributed by atoms with van der Waals surface area (Å²) in [6.07, 6.45) is 0. The predicted octanol–water partition coefficient (Wildman–Crippen LogP) is 4.33. The molecule has 1 heterocycles. The first kappa shape index (κ1) is 15.1. The van der Waals surface area contributed by atoms with Crippen molar-refractivity contribution >= 4 is 37.8 Å². The third kappa shape index (κ3) is 2.50. The topological polar surface area (TPSA) is 51.5 Å². The van der Waals surface area contributed by atoms with E-state index in [1.165, 1.54) is 0 Å². The number of ether oxygens (including phenoxy) is 1. The van der Waals surface area contributed by atoms with E-state index in [9.17, 15) is 9.90 Å². The van der Waals surface area contributed by atoms with Gasteiger partial charge in [0.1, 0.15) is 5.75 Å². The Morgan fingerprint density at radius 1 is 1.20 bits per heavy atom. The number of hydrogen-bond acceptors (Lipinski definition) is 2. The predicted molar refractivity (Wildman–Crippen MR) is 84.2 cm³/mol. The van der Waals surface area contributed by atoms with Gasteiger partial charge in [0.15, 0.2) is 0 Å².